The van der Waals surface area contributed by atoms with Gasteiger partial charge >= 0.3 is 12.1 Å². The van der Waals surface area contributed by atoms with Crippen molar-refractivity contribution >= 4 is 18.0 Å². The Labute approximate surface area is 146 Å². The van der Waals surface area contributed by atoms with Crippen molar-refractivity contribution in [3.05, 3.63) is 35.9 Å². The highest BCUT2D eigenvalue weighted by molar-refractivity contribution is 5.86. The van der Waals surface area contributed by atoms with Crippen LogP contribution in [0.1, 0.15) is 12.5 Å². The van der Waals surface area contributed by atoms with Gasteiger partial charge in [-0.2, -0.15) is 0 Å². The summed E-state index contributed by atoms with van der Waals surface area (Å²) in [5.74, 6) is 4.55. The second-order valence-corrected chi connectivity index (χ2v) is 5.69. The second-order valence-electron chi connectivity index (χ2n) is 5.69. The van der Waals surface area contributed by atoms with Gasteiger partial charge in [0.25, 0.3) is 5.91 Å². The fraction of sp³-hybridized carbons (Fsp3) is 0.438. The number of ether oxygens (including phenoxy) is 1. The summed E-state index contributed by atoms with van der Waals surface area (Å²) < 4.78 is 5.27. The Morgan fingerprint density at radius 3 is 2.32 bits per heavy atom. The minimum Gasteiger partial charge on any atom is -0.445 e. The van der Waals surface area contributed by atoms with Crippen molar-refractivity contribution in [2.75, 3.05) is 26.2 Å². The molecule has 9 heteroatoms. The maximum Gasteiger partial charge on any atom is 0.410 e. The minimum absolute atomic E-state index is 0.214. The number of hydrogen-bond donors (Lipinski definition) is 3. The Morgan fingerprint density at radius 2 is 1.72 bits per heavy atom. The maximum absolute atomic E-state index is 12.1. The van der Waals surface area contributed by atoms with Gasteiger partial charge in [-0.15, -0.1) is 0 Å². The number of urea groups is 1. The summed E-state index contributed by atoms with van der Waals surface area (Å²) in [4.78, 5) is 38.6. The van der Waals surface area contributed by atoms with E-state index in [0.717, 1.165) is 5.56 Å². The van der Waals surface area contributed by atoms with Gasteiger partial charge in [0.1, 0.15) is 12.6 Å². The van der Waals surface area contributed by atoms with Crippen molar-refractivity contribution in [2.24, 2.45) is 5.84 Å². The predicted molar refractivity (Wildman–Crippen MR) is 90.1 cm³/mol. The predicted octanol–water partition coefficient (Wildman–Crippen LogP) is 0.0288. The SMILES string of the molecule is C[C@H](NC(=O)N1CCN(C(=O)OCc2ccccc2)CC1)C(=O)NN. The van der Waals surface area contributed by atoms with Gasteiger partial charge in [0, 0.05) is 26.2 Å². The van der Waals surface area contributed by atoms with Crippen LogP contribution >= 0.6 is 0 Å². The van der Waals surface area contributed by atoms with Gasteiger partial charge < -0.3 is 19.9 Å². The lowest BCUT2D eigenvalue weighted by Crippen LogP contribution is -2.56. The van der Waals surface area contributed by atoms with Gasteiger partial charge in [-0.1, -0.05) is 30.3 Å². The van der Waals surface area contributed by atoms with Crippen LogP contribution in [0.5, 0.6) is 0 Å². The summed E-state index contributed by atoms with van der Waals surface area (Å²) in [5.41, 5.74) is 2.90. The molecule has 1 aromatic rings. The smallest absolute Gasteiger partial charge is 0.410 e. The van der Waals surface area contributed by atoms with E-state index in [-0.39, 0.29) is 12.6 Å². The average Bonchev–Trinajstić information content (AvgIpc) is 2.66. The molecule has 4 amide bonds. The molecule has 25 heavy (non-hydrogen) atoms. The van der Waals surface area contributed by atoms with Crippen LogP contribution in [0.2, 0.25) is 0 Å². The first-order valence-corrected chi connectivity index (χ1v) is 8.02. The van der Waals surface area contributed by atoms with Crippen LogP contribution in [0.15, 0.2) is 30.3 Å². The number of nitrogens with one attached hydrogen (secondary N) is 2. The van der Waals surface area contributed by atoms with Gasteiger partial charge in [0.15, 0.2) is 0 Å². The first-order valence-electron chi connectivity index (χ1n) is 8.02. The van der Waals surface area contributed by atoms with Crippen molar-refractivity contribution in [3.63, 3.8) is 0 Å². The summed E-state index contributed by atoms with van der Waals surface area (Å²) in [7, 11) is 0. The van der Waals surface area contributed by atoms with Crippen LogP contribution in [0.4, 0.5) is 9.59 Å². The number of amides is 4. The molecule has 0 aliphatic carbocycles. The summed E-state index contributed by atoms with van der Waals surface area (Å²) in [5, 5.41) is 2.55. The molecule has 1 aliphatic rings. The van der Waals surface area contributed by atoms with E-state index in [1.165, 1.54) is 6.92 Å². The fourth-order valence-electron chi connectivity index (χ4n) is 2.37. The molecule has 1 aliphatic heterocycles. The molecule has 1 fully saturated rings. The number of hydrogen-bond acceptors (Lipinski definition) is 5. The fourth-order valence-corrected chi connectivity index (χ4v) is 2.37. The second kappa shape index (κ2) is 8.88. The van der Waals surface area contributed by atoms with Crippen LogP contribution in [0.3, 0.4) is 0 Å². The number of hydrazine groups is 1. The van der Waals surface area contributed by atoms with Crippen LogP contribution < -0.4 is 16.6 Å². The van der Waals surface area contributed by atoms with E-state index in [9.17, 15) is 14.4 Å². The topological polar surface area (TPSA) is 117 Å². The summed E-state index contributed by atoms with van der Waals surface area (Å²) >= 11 is 0. The van der Waals surface area contributed by atoms with Crippen LogP contribution in [-0.4, -0.2) is 60.1 Å². The van der Waals surface area contributed by atoms with Crippen molar-refractivity contribution in [3.8, 4) is 0 Å². The van der Waals surface area contributed by atoms with Crippen LogP contribution in [0.25, 0.3) is 0 Å². The van der Waals surface area contributed by atoms with Crippen molar-refractivity contribution < 1.29 is 19.1 Å². The third-order valence-electron chi connectivity index (χ3n) is 3.91. The first-order chi connectivity index (χ1) is 12.0. The number of carbonyl (C=O) groups excluding carboxylic acids is 3. The van der Waals surface area contributed by atoms with Gasteiger partial charge in [0.05, 0.1) is 0 Å². The zero-order valence-electron chi connectivity index (χ0n) is 14.1. The molecule has 0 unspecified atom stereocenters. The molecule has 9 nitrogen and oxygen atoms in total. The lowest BCUT2D eigenvalue weighted by Gasteiger charge is -2.34. The van der Waals surface area contributed by atoms with Gasteiger partial charge in [-0.05, 0) is 12.5 Å². The zero-order valence-corrected chi connectivity index (χ0v) is 14.1. The molecule has 0 aromatic heterocycles. The van der Waals surface area contributed by atoms with E-state index in [4.69, 9.17) is 10.6 Å². The summed E-state index contributed by atoms with van der Waals surface area (Å²) in [6, 6.07) is 8.33. The standard InChI is InChI=1S/C16H23N5O4/c1-12(14(22)19-17)18-15(23)20-7-9-21(10-8-20)16(24)25-11-13-5-3-2-4-6-13/h2-6,12H,7-11,17H2,1H3,(H,18,23)(H,19,22)/t12-/m0/s1. The molecule has 1 atom stereocenters. The van der Waals surface area contributed by atoms with Crippen molar-refractivity contribution in [1.29, 1.82) is 0 Å². The molecule has 0 radical (unpaired) electrons. The zero-order chi connectivity index (χ0) is 18.2. The number of piperazine rings is 1. The third kappa shape index (κ3) is 5.35. The average molecular weight is 349 g/mol. The lowest BCUT2D eigenvalue weighted by atomic mass is 10.2. The first kappa shape index (κ1) is 18.5. The van der Waals surface area contributed by atoms with Gasteiger partial charge in [-0.3, -0.25) is 10.2 Å². The molecule has 0 saturated carbocycles. The number of nitrogens with zero attached hydrogens (tertiary/aromatic N) is 2. The quantitative estimate of drug-likeness (QED) is 0.403. The van der Waals surface area contributed by atoms with E-state index < -0.39 is 18.0 Å². The molecule has 0 spiro atoms. The molecular formula is C16H23N5O4. The van der Waals surface area contributed by atoms with E-state index >= 15 is 0 Å². The molecule has 1 heterocycles. The number of carbonyl (C=O) groups is 3. The Kier molecular flexibility index (Phi) is 6.58. The van der Waals surface area contributed by atoms with E-state index in [0.29, 0.717) is 26.2 Å². The van der Waals surface area contributed by atoms with E-state index in [1.807, 2.05) is 35.8 Å². The molecule has 2 rings (SSSR count). The Hall–Kier alpha value is -2.81. The minimum atomic E-state index is -0.730. The maximum atomic E-state index is 12.1. The Morgan fingerprint density at radius 1 is 1.12 bits per heavy atom. The van der Waals surface area contributed by atoms with Crippen molar-refractivity contribution in [2.45, 2.75) is 19.6 Å². The van der Waals surface area contributed by atoms with Crippen LogP contribution in [-0.2, 0) is 16.1 Å². The Balaban J connectivity index is 1.74. The summed E-state index contributed by atoms with van der Waals surface area (Å²) in [6.45, 7) is 3.23. The number of rotatable bonds is 4. The molecule has 4 N–H and O–H groups in total. The normalized spacial score (nSPS) is 15.3. The highest BCUT2D eigenvalue weighted by Crippen LogP contribution is 2.07. The molecule has 1 saturated heterocycles. The molecule has 1 aromatic carbocycles. The van der Waals surface area contributed by atoms with E-state index in [2.05, 4.69) is 5.32 Å². The van der Waals surface area contributed by atoms with Gasteiger partial charge in [0.2, 0.25) is 0 Å². The van der Waals surface area contributed by atoms with E-state index in [1.54, 1.807) is 9.80 Å². The number of nitrogens with two attached hydrogens (primary N) is 1. The molecule has 0 bridgehead atoms. The highest BCUT2D eigenvalue weighted by Gasteiger charge is 2.26. The lowest BCUT2D eigenvalue weighted by molar-refractivity contribution is -0.122. The highest BCUT2D eigenvalue weighted by atomic mass is 16.6. The van der Waals surface area contributed by atoms with Gasteiger partial charge in [-0.25, -0.2) is 15.4 Å². The van der Waals surface area contributed by atoms with Crippen molar-refractivity contribution in [1.82, 2.24) is 20.5 Å². The molecule has 136 valence electrons. The van der Waals surface area contributed by atoms with Crippen LogP contribution in [0, 0.1) is 0 Å². The largest absolute Gasteiger partial charge is 0.445 e. The number of benzene rings is 1. The molecular weight excluding hydrogens is 326 g/mol. The Bertz CT molecular complexity index is 602. The third-order valence-corrected chi connectivity index (χ3v) is 3.91. The monoisotopic (exact) mass is 349 g/mol. The summed E-state index contributed by atoms with van der Waals surface area (Å²) in [6.07, 6.45) is -0.403.